The lowest BCUT2D eigenvalue weighted by molar-refractivity contribution is -0.115. The zero-order chi connectivity index (χ0) is 14.5. The SMILES string of the molecule is COc1ccc(CC(=O)Nc2cccc(C)c2)cc1C. The minimum Gasteiger partial charge on any atom is -0.496 e. The van der Waals surface area contributed by atoms with Crippen LogP contribution < -0.4 is 10.1 Å². The summed E-state index contributed by atoms with van der Waals surface area (Å²) in [4.78, 5) is 12.0. The maximum absolute atomic E-state index is 12.0. The van der Waals surface area contributed by atoms with Gasteiger partial charge in [0, 0.05) is 5.69 Å². The number of carbonyl (C=O) groups is 1. The van der Waals surface area contributed by atoms with Crippen molar-refractivity contribution in [1.29, 1.82) is 0 Å². The largest absolute Gasteiger partial charge is 0.496 e. The molecule has 0 bridgehead atoms. The highest BCUT2D eigenvalue weighted by molar-refractivity contribution is 5.92. The normalized spacial score (nSPS) is 10.2. The molecule has 0 unspecified atom stereocenters. The van der Waals surface area contributed by atoms with Crippen LogP contribution in [0.4, 0.5) is 5.69 Å². The molecular formula is C17H19NO2. The first-order valence-electron chi connectivity index (χ1n) is 6.58. The molecule has 0 aromatic heterocycles. The number of hydrogen-bond acceptors (Lipinski definition) is 2. The summed E-state index contributed by atoms with van der Waals surface area (Å²) in [5, 5.41) is 2.91. The van der Waals surface area contributed by atoms with Gasteiger partial charge in [-0.05, 0) is 48.7 Å². The van der Waals surface area contributed by atoms with Crippen molar-refractivity contribution in [2.45, 2.75) is 20.3 Å². The van der Waals surface area contributed by atoms with Crippen LogP contribution in [0.25, 0.3) is 0 Å². The lowest BCUT2D eigenvalue weighted by Gasteiger charge is -2.08. The highest BCUT2D eigenvalue weighted by atomic mass is 16.5. The summed E-state index contributed by atoms with van der Waals surface area (Å²) in [5.41, 5.74) is 3.98. The van der Waals surface area contributed by atoms with E-state index in [0.29, 0.717) is 6.42 Å². The van der Waals surface area contributed by atoms with Gasteiger partial charge in [0.1, 0.15) is 5.75 Å². The predicted octanol–water partition coefficient (Wildman–Crippen LogP) is 3.49. The lowest BCUT2D eigenvalue weighted by Crippen LogP contribution is -2.14. The number of amides is 1. The van der Waals surface area contributed by atoms with Gasteiger partial charge in [-0.3, -0.25) is 4.79 Å². The van der Waals surface area contributed by atoms with Crippen molar-refractivity contribution < 1.29 is 9.53 Å². The van der Waals surface area contributed by atoms with Crippen LogP contribution in [0.1, 0.15) is 16.7 Å². The van der Waals surface area contributed by atoms with Gasteiger partial charge >= 0.3 is 0 Å². The van der Waals surface area contributed by atoms with Gasteiger partial charge in [0.15, 0.2) is 0 Å². The molecule has 0 aliphatic heterocycles. The van der Waals surface area contributed by atoms with E-state index in [1.54, 1.807) is 7.11 Å². The lowest BCUT2D eigenvalue weighted by atomic mass is 10.1. The molecule has 0 aliphatic rings. The molecule has 104 valence electrons. The standard InChI is InChI=1S/C17H19NO2/c1-12-5-4-6-15(9-12)18-17(19)11-14-7-8-16(20-3)13(2)10-14/h4-10H,11H2,1-3H3,(H,18,19). The van der Waals surface area contributed by atoms with Crippen LogP contribution in [0.2, 0.25) is 0 Å². The molecule has 1 amide bonds. The molecule has 0 aliphatic carbocycles. The van der Waals surface area contributed by atoms with Crippen LogP contribution in [0, 0.1) is 13.8 Å². The summed E-state index contributed by atoms with van der Waals surface area (Å²) in [6.45, 7) is 3.98. The Labute approximate surface area is 119 Å². The van der Waals surface area contributed by atoms with E-state index < -0.39 is 0 Å². The van der Waals surface area contributed by atoms with Crippen molar-refractivity contribution >= 4 is 11.6 Å². The number of ether oxygens (including phenoxy) is 1. The van der Waals surface area contributed by atoms with Crippen molar-refractivity contribution in [3.63, 3.8) is 0 Å². The number of methoxy groups -OCH3 is 1. The predicted molar refractivity (Wildman–Crippen MR) is 81.2 cm³/mol. The van der Waals surface area contributed by atoms with Crippen LogP contribution in [0.5, 0.6) is 5.75 Å². The van der Waals surface area contributed by atoms with Gasteiger partial charge < -0.3 is 10.1 Å². The minimum atomic E-state index is -0.0137. The number of benzene rings is 2. The molecule has 0 heterocycles. The van der Waals surface area contributed by atoms with Gasteiger partial charge in [-0.15, -0.1) is 0 Å². The van der Waals surface area contributed by atoms with E-state index in [9.17, 15) is 4.79 Å². The van der Waals surface area contributed by atoms with Crippen molar-refractivity contribution in [2.75, 3.05) is 12.4 Å². The number of carbonyl (C=O) groups excluding carboxylic acids is 1. The highest BCUT2D eigenvalue weighted by Gasteiger charge is 2.06. The Hall–Kier alpha value is -2.29. The maximum Gasteiger partial charge on any atom is 0.228 e. The monoisotopic (exact) mass is 269 g/mol. The first kappa shape index (κ1) is 14.1. The molecule has 3 heteroatoms. The average Bonchev–Trinajstić information content (AvgIpc) is 2.38. The average molecular weight is 269 g/mol. The molecule has 2 aromatic carbocycles. The topological polar surface area (TPSA) is 38.3 Å². The molecule has 0 spiro atoms. The molecule has 0 saturated heterocycles. The molecule has 0 saturated carbocycles. The Morgan fingerprint density at radius 3 is 2.60 bits per heavy atom. The fourth-order valence-corrected chi connectivity index (χ4v) is 2.16. The first-order valence-corrected chi connectivity index (χ1v) is 6.58. The Kier molecular flexibility index (Phi) is 4.41. The molecule has 0 fully saturated rings. The highest BCUT2D eigenvalue weighted by Crippen LogP contribution is 2.19. The fraction of sp³-hybridized carbons (Fsp3) is 0.235. The van der Waals surface area contributed by atoms with Crippen LogP contribution in [0.3, 0.4) is 0 Å². The van der Waals surface area contributed by atoms with E-state index in [0.717, 1.165) is 28.1 Å². The zero-order valence-corrected chi connectivity index (χ0v) is 12.1. The third kappa shape index (κ3) is 3.60. The third-order valence-electron chi connectivity index (χ3n) is 3.13. The Morgan fingerprint density at radius 2 is 1.95 bits per heavy atom. The van der Waals surface area contributed by atoms with Gasteiger partial charge in [-0.2, -0.15) is 0 Å². The minimum absolute atomic E-state index is 0.0137. The smallest absolute Gasteiger partial charge is 0.228 e. The third-order valence-corrected chi connectivity index (χ3v) is 3.13. The van der Waals surface area contributed by atoms with Crippen molar-refractivity contribution in [2.24, 2.45) is 0 Å². The van der Waals surface area contributed by atoms with Crippen molar-refractivity contribution in [1.82, 2.24) is 0 Å². The van der Waals surface area contributed by atoms with Gasteiger partial charge in [0.25, 0.3) is 0 Å². The summed E-state index contributed by atoms with van der Waals surface area (Å²) in [6, 6.07) is 13.6. The summed E-state index contributed by atoms with van der Waals surface area (Å²) in [6.07, 6.45) is 0.360. The maximum atomic E-state index is 12.0. The van der Waals surface area contributed by atoms with E-state index in [2.05, 4.69) is 5.32 Å². The Bertz CT molecular complexity index is 620. The molecule has 20 heavy (non-hydrogen) atoms. The van der Waals surface area contributed by atoms with E-state index in [-0.39, 0.29) is 5.91 Å². The van der Waals surface area contributed by atoms with Gasteiger partial charge in [-0.1, -0.05) is 24.3 Å². The van der Waals surface area contributed by atoms with Crippen LogP contribution in [-0.2, 0) is 11.2 Å². The zero-order valence-electron chi connectivity index (χ0n) is 12.1. The number of rotatable bonds is 4. The number of anilines is 1. The first-order chi connectivity index (χ1) is 9.58. The number of aryl methyl sites for hydroxylation is 2. The second-order valence-corrected chi connectivity index (χ2v) is 4.90. The molecule has 2 aromatic rings. The fourth-order valence-electron chi connectivity index (χ4n) is 2.16. The van der Waals surface area contributed by atoms with Crippen LogP contribution in [0.15, 0.2) is 42.5 Å². The van der Waals surface area contributed by atoms with Crippen LogP contribution in [-0.4, -0.2) is 13.0 Å². The summed E-state index contributed by atoms with van der Waals surface area (Å²) in [5.74, 6) is 0.827. The van der Waals surface area contributed by atoms with Crippen molar-refractivity contribution in [3.8, 4) is 5.75 Å². The molecule has 3 nitrogen and oxygen atoms in total. The molecule has 0 atom stereocenters. The second kappa shape index (κ2) is 6.24. The van der Waals surface area contributed by atoms with E-state index in [1.807, 2.05) is 56.3 Å². The number of hydrogen-bond donors (Lipinski definition) is 1. The van der Waals surface area contributed by atoms with E-state index in [4.69, 9.17) is 4.74 Å². The summed E-state index contributed by atoms with van der Waals surface area (Å²) < 4.78 is 5.21. The number of nitrogens with one attached hydrogen (secondary N) is 1. The molecular weight excluding hydrogens is 250 g/mol. The molecule has 1 N–H and O–H groups in total. The van der Waals surface area contributed by atoms with Gasteiger partial charge in [0.2, 0.25) is 5.91 Å². The van der Waals surface area contributed by atoms with Gasteiger partial charge in [-0.25, -0.2) is 0 Å². The quantitative estimate of drug-likeness (QED) is 0.922. The summed E-state index contributed by atoms with van der Waals surface area (Å²) >= 11 is 0. The second-order valence-electron chi connectivity index (χ2n) is 4.90. The van der Waals surface area contributed by atoms with E-state index in [1.165, 1.54) is 0 Å². The van der Waals surface area contributed by atoms with Crippen molar-refractivity contribution in [3.05, 3.63) is 59.2 Å². The van der Waals surface area contributed by atoms with Gasteiger partial charge in [0.05, 0.1) is 13.5 Å². The molecule has 0 radical (unpaired) electrons. The summed E-state index contributed by atoms with van der Waals surface area (Å²) in [7, 11) is 1.65. The molecule has 2 rings (SSSR count). The Balaban J connectivity index is 2.03. The van der Waals surface area contributed by atoms with Crippen LogP contribution >= 0.6 is 0 Å². The Morgan fingerprint density at radius 1 is 1.15 bits per heavy atom. The van der Waals surface area contributed by atoms with E-state index >= 15 is 0 Å².